The van der Waals surface area contributed by atoms with Gasteiger partial charge in [0, 0.05) is 18.1 Å². The molecular formula is C18H22ClN5OS. The van der Waals surface area contributed by atoms with Gasteiger partial charge in [0.15, 0.2) is 0 Å². The summed E-state index contributed by atoms with van der Waals surface area (Å²) in [7, 11) is 0. The van der Waals surface area contributed by atoms with Gasteiger partial charge in [-0.15, -0.1) is 5.10 Å². The van der Waals surface area contributed by atoms with Gasteiger partial charge in [-0.05, 0) is 53.3 Å². The van der Waals surface area contributed by atoms with Gasteiger partial charge in [0.2, 0.25) is 11.1 Å². The quantitative estimate of drug-likeness (QED) is 0.747. The number of fused-ring (bicyclic) bond motifs is 1. The standard InChI is InChI=1S/C18H22ClN5OS/c19-15-6-3-7-16(10-15)24-18(20-21-22-24)26-12-17(25)23-9-8-13-4-1-2-5-14(13)11-23/h3,6-7,10,13-14H,1-2,4-5,8-9,11-12H2/t13-,14-/m1/s1. The number of benzene rings is 1. The molecule has 0 bridgehead atoms. The Bertz CT molecular complexity index is 782. The average Bonchev–Trinajstić information content (AvgIpc) is 3.14. The Hall–Kier alpha value is -1.60. The van der Waals surface area contributed by atoms with Crippen LogP contribution in [0.1, 0.15) is 32.1 Å². The monoisotopic (exact) mass is 391 g/mol. The number of hydrogen-bond donors (Lipinski definition) is 0. The first-order valence-corrected chi connectivity index (χ1v) is 10.5. The number of carbonyl (C=O) groups is 1. The Morgan fingerprint density at radius 3 is 2.92 bits per heavy atom. The van der Waals surface area contributed by atoms with Crippen LogP contribution in [0.25, 0.3) is 5.69 Å². The molecule has 2 fully saturated rings. The van der Waals surface area contributed by atoms with Crippen molar-refractivity contribution in [2.75, 3.05) is 18.8 Å². The molecule has 138 valence electrons. The van der Waals surface area contributed by atoms with Gasteiger partial charge >= 0.3 is 0 Å². The number of aromatic nitrogens is 4. The largest absolute Gasteiger partial charge is 0.342 e. The van der Waals surface area contributed by atoms with E-state index in [1.807, 2.05) is 17.0 Å². The Balaban J connectivity index is 1.37. The smallest absolute Gasteiger partial charge is 0.233 e. The van der Waals surface area contributed by atoms with Crippen molar-refractivity contribution in [3.63, 3.8) is 0 Å². The minimum atomic E-state index is 0.180. The van der Waals surface area contributed by atoms with Crippen LogP contribution in [0.15, 0.2) is 29.4 Å². The predicted molar refractivity (Wildman–Crippen MR) is 102 cm³/mol. The fourth-order valence-corrected chi connectivity index (χ4v) is 5.06. The highest BCUT2D eigenvalue weighted by atomic mass is 35.5. The van der Waals surface area contributed by atoms with Gasteiger partial charge < -0.3 is 4.90 Å². The molecule has 0 spiro atoms. The molecule has 8 heteroatoms. The zero-order valence-electron chi connectivity index (χ0n) is 14.6. The Labute approximate surface area is 162 Å². The lowest BCUT2D eigenvalue weighted by Gasteiger charge is -2.41. The molecule has 1 aliphatic heterocycles. The van der Waals surface area contributed by atoms with Crippen LogP contribution in [0.4, 0.5) is 0 Å². The lowest BCUT2D eigenvalue weighted by Crippen LogP contribution is -2.45. The van der Waals surface area contributed by atoms with Crippen LogP contribution in [0.3, 0.4) is 0 Å². The van der Waals surface area contributed by atoms with Gasteiger partial charge in [-0.2, -0.15) is 4.68 Å². The minimum Gasteiger partial charge on any atom is -0.342 e. The van der Waals surface area contributed by atoms with Gasteiger partial charge in [-0.25, -0.2) is 0 Å². The highest BCUT2D eigenvalue weighted by Crippen LogP contribution is 2.36. The summed E-state index contributed by atoms with van der Waals surface area (Å²) < 4.78 is 1.62. The molecule has 1 amide bonds. The second kappa shape index (κ2) is 7.96. The number of likely N-dealkylation sites (tertiary alicyclic amines) is 1. The third-order valence-corrected chi connectivity index (χ3v) is 6.60. The average molecular weight is 392 g/mol. The lowest BCUT2D eigenvalue weighted by molar-refractivity contribution is -0.131. The number of piperidine rings is 1. The fourth-order valence-electron chi connectivity index (χ4n) is 4.08. The SMILES string of the molecule is O=C(CSc1nnnn1-c1cccc(Cl)c1)N1CC[C@H]2CCCC[C@@H]2C1. The summed E-state index contributed by atoms with van der Waals surface area (Å²) in [6, 6.07) is 7.35. The maximum atomic E-state index is 12.7. The summed E-state index contributed by atoms with van der Waals surface area (Å²) in [6.45, 7) is 1.81. The van der Waals surface area contributed by atoms with Crippen LogP contribution in [0, 0.1) is 11.8 Å². The molecule has 1 aromatic heterocycles. The Morgan fingerprint density at radius 2 is 2.08 bits per heavy atom. The van der Waals surface area contributed by atoms with Crippen LogP contribution >= 0.6 is 23.4 Å². The molecule has 6 nitrogen and oxygen atoms in total. The molecule has 2 atom stereocenters. The Morgan fingerprint density at radius 1 is 1.23 bits per heavy atom. The normalized spacial score (nSPS) is 22.9. The molecule has 2 aliphatic rings. The van der Waals surface area contributed by atoms with Gasteiger partial charge in [0.1, 0.15) is 0 Å². The number of amides is 1. The molecular weight excluding hydrogens is 370 g/mol. The van der Waals surface area contributed by atoms with Gasteiger partial charge in [-0.3, -0.25) is 4.79 Å². The molecule has 0 N–H and O–H groups in total. The highest BCUT2D eigenvalue weighted by Gasteiger charge is 2.32. The summed E-state index contributed by atoms with van der Waals surface area (Å²) in [4.78, 5) is 14.7. The highest BCUT2D eigenvalue weighted by molar-refractivity contribution is 7.99. The van der Waals surface area contributed by atoms with Crippen LogP contribution in [0.2, 0.25) is 5.02 Å². The summed E-state index contributed by atoms with van der Waals surface area (Å²) >= 11 is 7.43. The van der Waals surface area contributed by atoms with E-state index in [2.05, 4.69) is 15.5 Å². The first-order valence-electron chi connectivity index (χ1n) is 9.15. The van der Waals surface area contributed by atoms with E-state index < -0.39 is 0 Å². The number of thioether (sulfide) groups is 1. The first-order chi connectivity index (χ1) is 12.7. The number of tetrazole rings is 1. The molecule has 2 aromatic rings. The molecule has 1 aliphatic carbocycles. The van der Waals surface area contributed by atoms with E-state index >= 15 is 0 Å². The number of carbonyl (C=O) groups excluding carboxylic acids is 1. The summed E-state index contributed by atoms with van der Waals surface area (Å²) in [5.74, 6) is 2.07. The van der Waals surface area contributed by atoms with Crippen molar-refractivity contribution in [2.45, 2.75) is 37.3 Å². The molecule has 26 heavy (non-hydrogen) atoms. The maximum Gasteiger partial charge on any atom is 0.233 e. The topological polar surface area (TPSA) is 63.9 Å². The summed E-state index contributed by atoms with van der Waals surface area (Å²) in [6.07, 6.45) is 6.44. The molecule has 0 unspecified atom stereocenters. The molecule has 2 heterocycles. The van der Waals surface area contributed by atoms with E-state index in [0.717, 1.165) is 31.1 Å². The van der Waals surface area contributed by atoms with E-state index in [9.17, 15) is 4.79 Å². The van der Waals surface area contributed by atoms with E-state index in [0.29, 0.717) is 21.8 Å². The van der Waals surface area contributed by atoms with E-state index in [-0.39, 0.29) is 5.91 Å². The third kappa shape index (κ3) is 3.88. The van der Waals surface area contributed by atoms with Crippen molar-refractivity contribution in [3.8, 4) is 5.69 Å². The molecule has 1 saturated carbocycles. The number of nitrogens with zero attached hydrogens (tertiary/aromatic N) is 5. The zero-order chi connectivity index (χ0) is 17.9. The van der Waals surface area contributed by atoms with Gasteiger partial charge in [0.05, 0.1) is 11.4 Å². The van der Waals surface area contributed by atoms with Crippen LogP contribution in [0.5, 0.6) is 0 Å². The van der Waals surface area contributed by atoms with Gasteiger partial charge in [-0.1, -0.05) is 48.7 Å². The maximum absolute atomic E-state index is 12.7. The van der Waals surface area contributed by atoms with Crippen molar-refractivity contribution in [3.05, 3.63) is 29.3 Å². The lowest BCUT2D eigenvalue weighted by atomic mass is 9.75. The minimum absolute atomic E-state index is 0.180. The van der Waals surface area contributed by atoms with E-state index in [1.54, 1.807) is 16.8 Å². The van der Waals surface area contributed by atoms with Crippen molar-refractivity contribution in [2.24, 2.45) is 11.8 Å². The molecule has 0 radical (unpaired) electrons. The Kier molecular flexibility index (Phi) is 5.45. The van der Waals surface area contributed by atoms with Crippen LogP contribution in [-0.4, -0.2) is 49.9 Å². The molecule has 1 aromatic carbocycles. The molecule has 4 rings (SSSR count). The van der Waals surface area contributed by atoms with Crippen LogP contribution in [-0.2, 0) is 4.79 Å². The summed E-state index contributed by atoms with van der Waals surface area (Å²) in [5, 5.41) is 13.1. The zero-order valence-corrected chi connectivity index (χ0v) is 16.1. The fraction of sp³-hybridized carbons (Fsp3) is 0.556. The van der Waals surface area contributed by atoms with E-state index in [1.165, 1.54) is 37.4 Å². The van der Waals surface area contributed by atoms with E-state index in [4.69, 9.17) is 11.6 Å². The number of halogens is 1. The van der Waals surface area contributed by atoms with Crippen LogP contribution < -0.4 is 0 Å². The van der Waals surface area contributed by atoms with Crippen molar-refractivity contribution < 1.29 is 4.79 Å². The van der Waals surface area contributed by atoms with Crippen molar-refractivity contribution in [1.29, 1.82) is 0 Å². The summed E-state index contributed by atoms with van der Waals surface area (Å²) in [5.41, 5.74) is 0.792. The second-order valence-electron chi connectivity index (χ2n) is 7.07. The third-order valence-electron chi connectivity index (χ3n) is 5.46. The van der Waals surface area contributed by atoms with Crippen molar-refractivity contribution >= 4 is 29.3 Å². The number of hydrogen-bond acceptors (Lipinski definition) is 5. The number of rotatable bonds is 4. The predicted octanol–water partition coefficient (Wildman–Crippen LogP) is 3.45. The van der Waals surface area contributed by atoms with Crippen molar-refractivity contribution in [1.82, 2.24) is 25.1 Å². The first kappa shape index (κ1) is 17.8. The second-order valence-corrected chi connectivity index (χ2v) is 8.45. The molecule has 1 saturated heterocycles. The van der Waals surface area contributed by atoms with Gasteiger partial charge in [0.25, 0.3) is 0 Å².